The number of carbonyl (C=O) groups is 1. The number of hydrogen-bond acceptors (Lipinski definition) is 6. The minimum absolute atomic E-state index is 0.123. The van der Waals surface area contributed by atoms with Crippen molar-refractivity contribution in [3.8, 4) is 0 Å². The van der Waals surface area contributed by atoms with E-state index in [9.17, 15) is 4.79 Å². The molecule has 0 aliphatic carbocycles. The van der Waals surface area contributed by atoms with Crippen LogP contribution in [0.15, 0.2) is 12.7 Å². The number of esters is 1. The van der Waals surface area contributed by atoms with Crippen molar-refractivity contribution in [2.75, 3.05) is 24.6 Å². The number of unbranched alkanes of at least 4 members (excludes halogenated alkanes) is 1. The molecule has 0 atom stereocenters. The minimum Gasteiger partial charge on any atom is -0.466 e. The lowest BCUT2D eigenvalue weighted by atomic mass is 10.2. The van der Waals surface area contributed by atoms with Gasteiger partial charge in [0.05, 0.1) is 12.9 Å². The van der Waals surface area contributed by atoms with Crippen LogP contribution >= 0.6 is 0 Å². The van der Waals surface area contributed by atoms with Crippen LogP contribution in [-0.4, -0.2) is 45.2 Å². The third kappa shape index (κ3) is 3.60. The van der Waals surface area contributed by atoms with Gasteiger partial charge in [0.15, 0.2) is 17.0 Å². The van der Waals surface area contributed by atoms with Gasteiger partial charge < -0.3 is 14.2 Å². The molecule has 3 heterocycles. The predicted molar refractivity (Wildman–Crippen MR) is 87.3 cm³/mol. The van der Waals surface area contributed by atoms with E-state index in [1.54, 1.807) is 6.33 Å². The molecule has 23 heavy (non-hydrogen) atoms. The van der Waals surface area contributed by atoms with Crippen molar-refractivity contribution in [1.29, 1.82) is 0 Å². The molecule has 124 valence electrons. The second-order valence-corrected chi connectivity index (χ2v) is 5.76. The molecular weight excluding hydrogens is 294 g/mol. The zero-order valence-corrected chi connectivity index (χ0v) is 13.6. The first-order valence-electron chi connectivity index (χ1n) is 8.36. The molecule has 0 radical (unpaired) electrons. The SMILES string of the molecule is CCOC(=O)CCCCn1cnc2c(N3CCCC3)ncnc21. The van der Waals surface area contributed by atoms with E-state index in [1.807, 2.05) is 17.8 Å². The van der Waals surface area contributed by atoms with Crippen molar-refractivity contribution < 1.29 is 9.53 Å². The highest BCUT2D eigenvalue weighted by Gasteiger charge is 2.19. The van der Waals surface area contributed by atoms with Crippen molar-refractivity contribution in [3.63, 3.8) is 0 Å². The monoisotopic (exact) mass is 317 g/mol. The Hall–Kier alpha value is -2.18. The zero-order chi connectivity index (χ0) is 16.1. The van der Waals surface area contributed by atoms with E-state index < -0.39 is 0 Å². The number of fused-ring (bicyclic) bond motifs is 1. The molecule has 7 nitrogen and oxygen atoms in total. The van der Waals surface area contributed by atoms with Gasteiger partial charge in [-0.15, -0.1) is 0 Å². The van der Waals surface area contributed by atoms with Gasteiger partial charge in [-0.1, -0.05) is 0 Å². The molecular formula is C16H23N5O2. The first-order valence-corrected chi connectivity index (χ1v) is 8.36. The number of ether oxygens (including phenoxy) is 1. The smallest absolute Gasteiger partial charge is 0.305 e. The third-order valence-corrected chi connectivity index (χ3v) is 4.12. The van der Waals surface area contributed by atoms with Gasteiger partial charge in [0.25, 0.3) is 0 Å². The molecule has 1 aliphatic heterocycles. The Labute approximate surface area is 135 Å². The zero-order valence-electron chi connectivity index (χ0n) is 13.6. The fourth-order valence-electron chi connectivity index (χ4n) is 2.98. The van der Waals surface area contributed by atoms with Gasteiger partial charge in [-0.25, -0.2) is 15.0 Å². The van der Waals surface area contributed by atoms with Crippen LogP contribution in [0.3, 0.4) is 0 Å². The molecule has 0 aromatic carbocycles. The van der Waals surface area contributed by atoms with Crippen LogP contribution in [0.4, 0.5) is 5.82 Å². The van der Waals surface area contributed by atoms with Gasteiger partial charge in [-0.3, -0.25) is 4.79 Å². The van der Waals surface area contributed by atoms with Gasteiger partial charge in [0.2, 0.25) is 0 Å². The Balaban J connectivity index is 1.63. The first-order chi connectivity index (χ1) is 11.3. The largest absolute Gasteiger partial charge is 0.466 e. The third-order valence-electron chi connectivity index (χ3n) is 4.12. The van der Waals surface area contributed by atoms with Gasteiger partial charge in [-0.2, -0.15) is 0 Å². The van der Waals surface area contributed by atoms with Crippen LogP contribution in [0.25, 0.3) is 11.2 Å². The summed E-state index contributed by atoms with van der Waals surface area (Å²) in [5, 5.41) is 0. The van der Waals surface area contributed by atoms with Crippen LogP contribution in [0.5, 0.6) is 0 Å². The summed E-state index contributed by atoms with van der Waals surface area (Å²) in [5.74, 6) is 0.819. The van der Waals surface area contributed by atoms with E-state index >= 15 is 0 Å². The normalized spacial score (nSPS) is 14.6. The standard InChI is InChI=1S/C16H23N5O2/c1-2-23-13(22)7-3-4-10-21-12-19-14-15(17-11-18-16(14)21)20-8-5-6-9-20/h11-12H,2-10H2,1H3. The topological polar surface area (TPSA) is 73.1 Å². The summed E-state index contributed by atoms with van der Waals surface area (Å²) in [5.41, 5.74) is 1.75. The molecule has 1 aliphatic rings. The number of rotatable bonds is 7. The molecule has 1 saturated heterocycles. The highest BCUT2D eigenvalue weighted by molar-refractivity contribution is 5.83. The highest BCUT2D eigenvalue weighted by atomic mass is 16.5. The van der Waals surface area contributed by atoms with E-state index in [1.165, 1.54) is 12.8 Å². The molecule has 0 N–H and O–H groups in total. The molecule has 0 unspecified atom stereocenters. The van der Waals surface area contributed by atoms with Crippen molar-refractivity contribution in [2.45, 2.75) is 45.6 Å². The summed E-state index contributed by atoms with van der Waals surface area (Å²) in [4.78, 5) is 26.9. The van der Waals surface area contributed by atoms with E-state index in [2.05, 4.69) is 19.9 Å². The number of carbonyl (C=O) groups excluding carboxylic acids is 1. The lowest BCUT2D eigenvalue weighted by molar-refractivity contribution is -0.143. The number of aryl methyl sites for hydroxylation is 1. The van der Waals surface area contributed by atoms with Crippen LogP contribution < -0.4 is 4.90 Å². The maximum atomic E-state index is 11.3. The quantitative estimate of drug-likeness (QED) is 0.575. The number of imidazole rings is 1. The molecule has 0 amide bonds. The molecule has 7 heteroatoms. The van der Waals surface area contributed by atoms with E-state index in [0.29, 0.717) is 13.0 Å². The Morgan fingerprint density at radius 3 is 2.83 bits per heavy atom. The minimum atomic E-state index is -0.123. The molecule has 0 bridgehead atoms. The van der Waals surface area contributed by atoms with Crippen LogP contribution in [0.1, 0.15) is 39.0 Å². The molecule has 2 aromatic rings. The van der Waals surface area contributed by atoms with Gasteiger partial charge >= 0.3 is 5.97 Å². The summed E-state index contributed by atoms with van der Waals surface area (Å²) in [6.45, 7) is 5.15. The molecule has 2 aromatic heterocycles. The fraction of sp³-hybridized carbons (Fsp3) is 0.625. The van der Waals surface area contributed by atoms with Crippen molar-refractivity contribution in [1.82, 2.24) is 19.5 Å². The lowest BCUT2D eigenvalue weighted by Crippen LogP contribution is -2.19. The predicted octanol–water partition coefficient (Wildman–Crippen LogP) is 2.16. The molecule has 3 rings (SSSR count). The number of aromatic nitrogens is 4. The van der Waals surface area contributed by atoms with Crippen LogP contribution in [-0.2, 0) is 16.1 Å². The average Bonchev–Trinajstić information content (AvgIpc) is 3.21. The Bertz CT molecular complexity index is 664. The lowest BCUT2D eigenvalue weighted by Gasteiger charge is -2.15. The number of nitrogens with zero attached hydrogens (tertiary/aromatic N) is 5. The summed E-state index contributed by atoms with van der Waals surface area (Å²) in [6.07, 6.45) is 8.03. The Morgan fingerprint density at radius 2 is 2.04 bits per heavy atom. The van der Waals surface area contributed by atoms with E-state index in [0.717, 1.165) is 49.5 Å². The fourth-order valence-corrected chi connectivity index (χ4v) is 2.98. The van der Waals surface area contributed by atoms with E-state index in [4.69, 9.17) is 4.74 Å². The summed E-state index contributed by atoms with van der Waals surface area (Å²) >= 11 is 0. The second kappa shape index (κ2) is 7.39. The molecule has 0 spiro atoms. The van der Waals surface area contributed by atoms with Crippen molar-refractivity contribution in [2.24, 2.45) is 0 Å². The number of hydrogen-bond donors (Lipinski definition) is 0. The maximum absolute atomic E-state index is 11.3. The number of anilines is 1. The highest BCUT2D eigenvalue weighted by Crippen LogP contribution is 2.24. The maximum Gasteiger partial charge on any atom is 0.305 e. The van der Waals surface area contributed by atoms with Gasteiger partial charge in [0, 0.05) is 26.1 Å². The van der Waals surface area contributed by atoms with E-state index in [-0.39, 0.29) is 5.97 Å². The van der Waals surface area contributed by atoms with Crippen molar-refractivity contribution >= 4 is 23.0 Å². The van der Waals surface area contributed by atoms with Crippen LogP contribution in [0.2, 0.25) is 0 Å². The van der Waals surface area contributed by atoms with Gasteiger partial charge in [0.1, 0.15) is 6.33 Å². The van der Waals surface area contributed by atoms with Gasteiger partial charge in [-0.05, 0) is 32.6 Å². The van der Waals surface area contributed by atoms with Crippen LogP contribution in [0, 0.1) is 0 Å². The summed E-state index contributed by atoms with van der Waals surface area (Å²) in [7, 11) is 0. The molecule has 1 fully saturated rings. The first kappa shape index (κ1) is 15.7. The summed E-state index contributed by atoms with van der Waals surface area (Å²) in [6, 6.07) is 0. The summed E-state index contributed by atoms with van der Waals surface area (Å²) < 4.78 is 6.98. The molecule has 0 saturated carbocycles. The van der Waals surface area contributed by atoms with Crippen molar-refractivity contribution in [3.05, 3.63) is 12.7 Å². The Kier molecular flexibility index (Phi) is 5.05. The Morgan fingerprint density at radius 1 is 1.22 bits per heavy atom. The second-order valence-electron chi connectivity index (χ2n) is 5.76. The average molecular weight is 317 g/mol.